The summed E-state index contributed by atoms with van der Waals surface area (Å²) in [6, 6.07) is 7.98. The van der Waals surface area contributed by atoms with E-state index in [2.05, 4.69) is 12.1 Å². The van der Waals surface area contributed by atoms with Gasteiger partial charge < -0.3 is 11.5 Å². The fraction of sp³-hybridized carbons (Fsp3) is 0.455. The minimum atomic E-state index is -0.0757. The molecule has 2 heteroatoms. The van der Waals surface area contributed by atoms with Crippen LogP contribution in [0.25, 0.3) is 0 Å². The molecule has 0 atom stereocenters. The molecule has 0 saturated heterocycles. The van der Waals surface area contributed by atoms with Crippen LogP contribution in [-0.2, 0) is 5.54 Å². The quantitative estimate of drug-likeness (QED) is 0.643. The molecule has 1 aromatic carbocycles. The summed E-state index contributed by atoms with van der Waals surface area (Å²) in [4.78, 5) is 0. The first-order valence-corrected chi connectivity index (χ1v) is 4.86. The van der Waals surface area contributed by atoms with Gasteiger partial charge in [0, 0.05) is 11.2 Å². The van der Waals surface area contributed by atoms with E-state index in [1.54, 1.807) is 0 Å². The molecular formula is C11H16N2. The van der Waals surface area contributed by atoms with Gasteiger partial charge in [-0.05, 0) is 30.5 Å². The summed E-state index contributed by atoms with van der Waals surface area (Å²) in [7, 11) is 0. The van der Waals surface area contributed by atoms with Crippen molar-refractivity contribution in [3.05, 3.63) is 29.8 Å². The number of rotatable bonds is 1. The first-order valence-electron chi connectivity index (χ1n) is 4.86. The molecule has 0 heterocycles. The highest BCUT2D eigenvalue weighted by molar-refractivity contribution is 5.41. The van der Waals surface area contributed by atoms with Crippen LogP contribution in [0.3, 0.4) is 0 Å². The highest BCUT2D eigenvalue weighted by atomic mass is 14.8. The van der Waals surface area contributed by atoms with Crippen molar-refractivity contribution in [2.75, 3.05) is 5.73 Å². The van der Waals surface area contributed by atoms with Gasteiger partial charge in [-0.25, -0.2) is 0 Å². The smallest absolute Gasteiger partial charge is 0.0409 e. The summed E-state index contributed by atoms with van der Waals surface area (Å²) in [6.45, 7) is 0. The average molecular weight is 176 g/mol. The first kappa shape index (κ1) is 8.57. The predicted octanol–water partition coefficient (Wildman–Crippen LogP) is 2.00. The van der Waals surface area contributed by atoms with Crippen LogP contribution in [0, 0.1) is 0 Å². The normalized spacial score (nSPS) is 20.4. The summed E-state index contributed by atoms with van der Waals surface area (Å²) in [5.74, 6) is 0. The Kier molecular flexibility index (Phi) is 2.00. The van der Waals surface area contributed by atoms with Gasteiger partial charge in [0.05, 0.1) is 0 Å². The van der Waals surface area contributed by atoms with E-state index >= 15 is 0 Å². The summed E-state index contributed by atoms with van der Waals surface area (Å²) in [5.41, 5.74) is 13.9. The van der Waals surface area contributed by atoms with Crippen molar-refractivity contribution in [1.29, 1.82) is 0 Å². The Morgan fingerprint density at radius 1 is 1.00 bits per heavy atom. The number of anilines is 1. The van der Waals surface area contributed by atoms with Crippen molar-refractivity contribution in [2.45, 2.75) is 31.2 Å². The van der Waals surface area contributed by atoms with E-state index in [1.165, 1.54) is 18.4 Å². The van der Waals surface area contributed by atoms with Crippen molar-refractivity contribution >= 4 is 5.69 Å². The number of benzene rings is 1. The molecule has 1 aromatic rings. The van der Waals surface area contributed by atoms with E-state index in [9.17, 15) is 0 Å². The van der Waals surface area contributed by atoms with Crippen LogP contribution in [0.15, 0.2) is 24.3 Å². The maximum absolute atomic E-state index is 6.29. The zero-order valence-electron chi connectivity index (χ0n) is 7.79. The topological polar surface area (TPSA) is 52.0 Å². The monoisotopic (exact) mass is 176 g/mol. The maximum Gasteiger partial charge on any atom is 0.0409 e. The maximum atomic E-state index is 6.29. The largest absolute Gasteiger partial charge is 0.399 e. The SMILES string of the molecule is Nc1ccc(C2(N)CCCC2)cc1. The molecule has 13 heavy (non-hydrogen) atoms. The van der Waals surface area contributed by atoms with Gasteiger partial charge in [-0.3, -0.25) is 0 Å². The summed E-state index contributed by atoms with van der Waals surface area (Å²) in [5, 5.41) is 0. The Hall–Kier alpha value is -1.02. The molecule has 0 amide bonds. The van der Waals surface area contributed by atoms with Crippen molar-refractivity contribution in [3.8, 4) is 0 Å². The second-order valence-corrected chi connectivity index (χ2v) is 3.99. The number of nitrogen functional groups attached to an aromatic ring is 1. The molecular weight excluding hydrogens is 160 g/mol. The lowest BCUT2D eigenvalue weighted by Crippen LogP contribution is -2.32. The minimum Gasteiger partial charge on any atom is -0.399 e. The third kappa shape index (κ3) is 1.54. The average Bonchev–Trinajstić information content (AvgIpc) is 2.54. The molecule has 1 aliphatic rings. The van der Waals surface area contributed by atoms with Gasteiger partial charge in [-0.2, -0.15) is 0 Å². The molecule has 0 spiro atoms. The fourth-order valence-corrected chi connectivity index (χ4v) is 2.11. The number of nitrogens with two attached hydrogens (primary N) is 2. The predicted molar refractivity (Wildman–Crippen MR) is 55.2 cm³/mol. The lowest BCUT2D eigenvalue weighted by atomic mass is 9.89. The van der Waals surface area contributed by atoms with E-state index in [4.69, 9.17) is 11.5 Å². The third-order valence-electron chi connectivity index (χ3n) is 2.98. The van der Waals surface area contributed by atoms with Crippen molar-refractivity contribution in [1.82, 2.24) is 0 Å². The first-order chi connectivity index (χ1) is 6.21. The van der Waals surface area contributed by atoms with Crippen molar-refractivity contribution in [2.24, 2.45) is 5.73 Å². The molecule has 0 bridgehead atoms. The summed E-state index contributed by atoms with van der Waals surface area (Å²) in [6.07, 6.45) is 4.72. The van der Waals surface area contributed by atoms with Crippen LogP contribution in [-0.4, -0.2) is 0 Å². The zero-order chi connectivity index (χ0) is 9.31. The van der Waals surface area contributed by atoms with Gasteiger partial charge in [-0.15, -0.1) is 0 Å². The van der Waals surface area contributed by atoms with Crippen LogP contribution in [0.5, 0.6) is 0 Å². The molecule has 1 aliphatic carbocycles. The Balaban J connectivity index is 2.29. The molecule has 0 aromatic heterocycles. The van der Waals surface area contributed by atoms with Crippen LogP contribution in [0.2, 0.25) is 0 Å². The van der Waals surface area contributed by atoms with Gasteiger partial charge in [0.2, 0.25) is 0 Å². The molecule has 1 fully saturated rings. The lowest BCUT2D eigenvalue weighted by Gasteiger charge is -2.24. The Morgan fingerprint density at radius 3 is 2.08 bits per heavy atom. The van der Waals surface area contributed by atoms with Gasteiger partial charge in [0.1, 0.15) is 0 Å². The van der Waals surface area contributed by atoms with E-state index < -0.39 is 0 Å². The molecule has 2 rings (SSSR count). The van der Waals surface area contributed by atoms with Gasteiger partial charge in [0.15, 0.2) is 0 Å². The molecule has 0 unspecified atom stereocenters. The van der Waals surface area contributed by atoms with Crippen molar-refractivity contribution in [3.63, 3.8) is 0 Å². The van der Waals surface area contributed by atoms with E-state index in [0.29, 0.717) is 0 Å². The van der Waals surface area contributed by atoms with E-state index in [-0.39, 0.29) is 5.54 Å². The van der Waals surface area contributed by atoms with Crippen LogP contribution >= 0.6 is 0 Å². The fourth-order valence-electron chi connectivity index (χ4n) is 2.11. The van der Waals surface area contributed by atoms with E-state index in [0.717, 1.165) is 18.5 Å². The van der Waals surface area contributed by atoms with Gasteiger partial charge in [-0.1, -0.05) is 25.0 Å². The highest BCUT2D eigenvalue weighted by Gasteiger charge is 2.30. The summed E-state index contributed by atoms with van der Waals surface area (Å²) >= 11 is 0. The van der Waals surface area contributed by atoms with Crippen LogP contribution in [0.4, 0.5) is 5.69 Å². The standard InChI is InChI=1S/C11H16N2/c12-10-5-3-9(4-6-10)11(13)7-1-2-8-11/h3-6H,1-2,7-8,12-13H2. The van der Waals surface area contributed by atoms with Gasteiger partial charge >= 0.3 is 0 Å². The molecule has 0 radical (unpaired) electrons. The molecule has 0 aliphatic heterocycles. The molecule has 70 valence electrons. The molecule has 1 saturated carbocycles. The van der Waals surface area contributed by atoms with E-state index in [1.807, 2.05) is 12.1 Å². The number of hydrogen-bond acceptors (Lipinski definition) is 2. The van der Waals surface area contributed by atoms with Crippen molar-refractivity contribution < 1.29 is 0 Å². The zero-order valence-corrected chi connectivity index (χ0v) is 7.79. The number of hydrogen-bond donors (Lipinski definition) is 2. The van der Waals surface area contributed by atoms with Crippen LogP contribution < -0.4 is 11.5 Å². The molecule has 2 nitrogen and oxygen atoms in total. The Morgan fingerprint density at radius 2 is 1.54 bits per heavy atom. The Labute approximate surface area is 78.9 Å². The minimum absolute atomic E-state index is 0.0757. The highest BCUT2D eigenvalue weighted by Crippen LogP contribution is 2.36. The van der Waals surface area contributed by atoms with Crippen LogP contribution in [0.1, 0.15) is 31.2 Å². The third-order valence-corrected chi connectivity index (χ3v) is 2.98. The Bertz CT molecular complexity index is 283. The van der Waals surface area contributed by atoms with Gasteiger partial charge in [0.25, 0.3) is 0 Å². The second kappa shape index (κ2) is 3.04. The summed E-state index contributed by atoms with van der Waals surface area (Å²) < 4.78 is 0. The molecule has 4 N–H and O–H groups in total. The second-order valence-electron chi connectivity index (χ2n) is 3.99. The lowest BCUT2D eigenvalue weighted by molar-refractivity contribution is 0.462.